The highest BCUT2D eigenvalue weighted by molar-refractivity contribution is 7.92. The van der Waals surface area contributed by atoms with Crippen molar-refractivity contribution in [2.45, 2.75) is 18.6 Å². The van der Waals surface area contributed by atoms with E-state index in [2.05, 4.69) is 20.3 Å². The number of amides is 1. The van der Waals surface area contributed by atoms with E-state index >= 15 is 13.2 Å². The Morgan fingerprint density at radius 3 is 2.53 bits per heavy atom. The van der Waals surface area contributed by atoms with E-state index in [1.807, 2.05) is 0 Å². The highest BCUT2D eigenvalue weighted by Crippen LogP contribution is 2.40. The predicted molar refractivity (Wildman–Crippen MR) is 156 cm³/mol. The van der Waals surface area contributed by atoms with Gasteiger partial charge in [0.1, 0.15) is 17.7 Å². The molecule has 0 saturated carbocycles. The third-order valence-electron chi connectivity index (χ3n) is 6.84. The first-order valence-electron chi connectivity index (χ1n) is 13.5. The molecule has 0 aliphatic carbocycles. The van der Waals surface area contributed by atoms with Crippen LogP contribution in [0.2, 0.25) is 0 Å². The minimum atomic E-state index is -4.68. The van der Waals surface area contributed by atoms with Crippen LogP contribution >= 0.6 is 0 Å². The third kappa shape index (κ3) is 6.99. The second-order valence-corrected chi connectivity index (χ2v) is 12.1. The molecule has 1 aliphatic rings. The van der Waals surface area contributed by atoms with Gasteiger partial charge in [0.15, 0.2) is 17.4 Å². The molecule has 1 saturated heterocycles. The van der Waals surface area contributed by atoms with Crippen LogP contribution in [0.1, 0.15) is 12.0 Å². The molecule has 0 unspecified atom stereocenters. The van der Waals surface area contributed by atoms with E-state index in [1.54, 1.807) is 6.07 Å². The summed E-state index contributed by atoms with van der Waals surface area (Å²) in [4.78, 5) is 24.6. The Morgan fingerprint density at radius 2 is 1.85 bits per heavy atom. The lowest BCUT2D eigenvalue weighted by atomic mass is 10.0. The number of aromatic nitrogens is 3. The first-order valence-corrected chi connectivity index (χ1v) is 15.3. The number of anilines is 3. The minimum Gasteiger partial charge on any atom is -0.465 e. The molecule has 3 heterocycles. The molecule has 0 bridgehead atoms. The maximum absolute atomic E-state index is 15.5. The number of pyridine rings is 1. The van der Waals surface area contributed by atoms with Crippen LogP contribution in [0.25, 0.3) is 11.3 Å². The van der Waals surface area contributed by atoms with Crippen LogP contribution in [0.5, 0.6) is 11.6 Å². The number of nitrogens with zero attached hydrogens (tertiary/aromatic N) is 6. The van der Waals surface area contributed by atoms with Crippen molar-refractivity contribution in [3.63, 3.8) is 0 Å². The van der Waals surface area contributed by atoms with Gasteiger partial charge in [-0.05, 0) is 36.4 Å². The number of ether oxygens (including phenoxy) is 1. The van der Waals surface area contributed by atoms with Crippen LogP contribution in [-0.4, -0.2) is 71.0 Å². The SMILES string of the molecule is CS(=O)(=O)N(c1ccc(C#N)cc1F)c1c(F)cc(Oc2ncccc2-c2ccnc(N[C@H]3C[C@H](F)CN(C(=O)O)C3)n2)c(F)c1F. The van der Waals surface area contributed by atoms with Gasteiger partial charge < -0.3 is 20.1 Å². The Hall–Kier alpha value is -5.57. The summed E-state index contributed by atoms with van der Waals surface area (Å²) in [7, 11) is -4.68. The molecule has 2 atom stereocenters. The molecule has 2 aromatic carbocycles. The lowest BCUT2D eigenvalue weighted by molar-refractivity contribution is 0.102. The zero-order chi connectivity index (χ0) is 34.0. The fraction of sp³-hybridized carbons (Fsp3) is 0.207. The molecule has 47 heavy (non-hydrogen) atoms. The molecule has 18 heteroatoms. The first-order chi connectivity index (χ1) is 22.3. The van der Waals surface area contributed by atoms with Crippen molar-refractivity contribution in [3.8, 4) is 29.0 Å². The number of nitriles is 1. The van der Waals surface area contributed by atoms with E-state index < -0.39 is 68.7 Å². The number of hydrogen-bond acceptors (Lipinski definition) is 9. The number of rotatable bonds is 8. The highest BCUT2D eigenvalue weighted by atomic mass is 32.2. The smallest absolute Gasteiger partial charge is 0.407 e. The number of benzene rings is 2. The number of sulfonamides is 1. The van der Waals surface area contributed by atoms with Gasteiger partial charge in [0.2, 0.25) is 27.7 Å². The fourth-order valence-corrected chi connectivity index (χ4v) is 5.86. The molecule has 1 aliphatic heterocycles. The van der Waals surface area contributed by atoms with Crippen LogP contribution in [0, 0.1) is 34.6 Å². The number of nitrogens with one attached hydrogen (secondary N) is 1. The lowest BCUT2D eigenvalue weighted by Gasteiger charge is -2.33. The maximum atomic E-state index is 15.5. The molecule has 0 radical (unpaired) electrons. The second kappa shape index (κ2) is 13.0. The number of likely N-dealkylation sites (tertiary alicyclic amines) is 1. The molecule has 4 aromatic rings. The molecule has 12 nitrogen and oxygen atoms in total. The summed E-state index contributed by atoms with van der Waals surface area (Å²) >= 11 is 0. The van der Waals surface area contributed by atoms with Gasteiger partial charge in [0, 0.05) is 37.5 Å². The second-order valence-electron chi connectivity index (χ2n) is 10.2. The van der Waals surface area contributed by atoms with Crippen LogP contribution in [0.3, 0.4) is 0 Å². The van der Waals surface area contributed by atoms with Crippen LogP contribution < -0.4 is 14.4 Å². The van der Waals surface area contributed by atoms with Gasteiger partial charge in [-0.1, -0.05) is 0 Å². The summed E-state index contributed by atoms with van der Waals surface area (Å²) in [6.45, 7) is -0.312. The third-order valence-corrected chi connectivity index (χ3v) is 7.89. The Morgan fingerprint density at radius 1 is 1.09 bits per heavy atom. The molecule has 2 N–H and O–H groups in total. The van der Waals surface area contributed by atoms with Gasteiger partial charge in [-0.3, -0.25) is 0 Å². The van der Waals surface area contributed by atoms with Gasteiger partial charge in [-0.2, -0.15) is 9.65 Å². The average molecular weight is 676 g/mol. The normalized spacial score (nSPS) is 16.3. The van der Waals surface area contributed by atoms with E-state index in [-0.39, 0.29) is 52.5 Å². The highest BCUT2D eigenvalue weighted by Gasteiger charge is 2.33. The van der Waals surface area contributed by atoms with Crippen LogP contribution in [-0.2, 0) is 10.0 Å². The number of hydrogen-bond donors (Lipinski definition) is 2. The van der Waals surface area contributed by atoms with Gasteiger partial charge in [0.25, 0.3) is 0 Å². The van der Waals surface area contributed by atoms with Crippen molar-refractivity contribution < 1.29 is 45.0 Å². The van der Waals surface area contributed by atoms with E-state index in [9.17, 15) is 27.1 Å². The van der Waals surface area contributed by atoms with Crippen molar-refractivity contribution in [3.05, 3.63) is 83.7 Å². The lowest BCUT2D eigenvalue weighted by Crippen LogP contribution is -2.49. The molecule has 1 amide bonds. The zero-order valence-corrected chi connectivity index (χ0v) is 24.9. The Labute approximate surface area is 263 Å². The Bertz CT molecular complexity index is 2010. The predicted octanol–water partition coefficient (Wildman–Crippen LogP) is 5.36. The molecular formula is C29H22F5N7O5S. The van der Waals surface area contributed by atoms with E-state index in [1.165, 1.54) is 30.6 Å². The van der Waals surface area contributed by atoms with Gasteiger partial charge in [0.05, 0.1) is 41.4 Å². The topological polar surface area (TPSA) is 162 Å². The van der Waals surface area contributed by atoms with E-state index in [0.29, 0.717) is 18.4 Å². The summed E-state index contributed by atoms with van der Waals surface area (Å²) in [5.74, 6) is -8.30. The molecule has 244 valence electrons. The number of carboxylic acid groups (broad SMARTS) is 1. The summed E-state index contributed by atoms with van der Waals surface area (Å²) < 4.78 is 106. The minimum absolute atomic E-state index is 0.0143. The van der Waals surface area contributed by atoms with Crippen molar-refractivity contribution in [2.24, 2.45) is 0 Å². The summed E-state index contributed by atoms with van der Waals surface area (Å²) in [5, 5.41) is 21.1. The number of piperidine rings is 1. The maximum Gasteiger partial charge on any atom is 0.407 e. The van der Waals surface area contributed by atoms with Crippen molar-refractivity contribution in [1.82, 2.24) is 19.9 Å². The zero-order valence-electron chi connectivity index (χ0n) is 24.0. The Balaban J connectivity index is 1.47. The van der Waals surface area contributed by atoms with Gasteiger partial charge in [-0.25, -0.2) is 50.0 Å². The van der Waals surface area contributed by atoms with Crippen LogP contribution in [0.4, 0.5) is 44.1 Å². The molecule has 2 aromatic heterocycles. The van der Waals surface area contributed by atoms with Gasteiger partial charge >= 0.3 is 6.09 Å². The Kier molecular flexibility index (Phi) is 9.10. The average Bonchev–Trinajstić information content (AvgIpc) is 3.01. The molecule has 1 fully saturated rings. The summed E-state index contributed by atoms with van der Waals surface area (Å²) in [6.07, 6.45) is 0.325. The molecule has 5 rings (SSSR count). The number of halogens is 5. The quantitative estimate of drug-likeness (QED) is 0.184. The summed E-state index contributed by atoms with van der Waals surface area (Å²) in [6, 6.07) is 8.04. The van der Waals surface area contributed by atoms with E-state index in [0.717, 1.165) is 17.0 Å². The monoisotopic (exact) mass is 675 g/mol. The van der Waals surface area contributed by atoms with Crippen molar-refractivity contribution in [1.29, 1.82) is 5.26 Å². The number of carbonyl (C=O) groups is 1. The number of alkyl halides is 1. The standard InChI is InChI=1S/C29H22F5N7O5S/c1-47(44,45)41(22-5-4-15(12-35)9-19(22)31)26-20(32)11-23(24(33)25(26)34)46-27-18(3-2-7-36-27)21-6-8-37-28(39-21)38-17-10-16(30)13-40(14-17)29(42)43/h2-9,11,16-17H,10,13-14H2,1H3,(H,42,43)(H,37,38,39)/t16-,17-/m0/s1. The van der Waals surface area contributed by atoms with E-state index in [4.69, 9.17) is 10.00 Å². The largest absolute Gasteiger partial charge is 0.465 e. The first kappa shape index (κ1) is 32.8. The summed E-state index contributed by atoms with van der Waals surface area (Å²) in [5.41, 5.74) is -2.35. The van der Waals surface area contributed by atoms with Crippen molar-refractivity contribution in [2.75, 3.05) is 29.0 Å². The molecule has 0 spiro atoms. The van der Waals surface area contributed by atoms with Crippen LogP contribution in [0.15, 0.2) is 54.9 Å². The fourth-order valence-electron chi connectivity index (χ4n) is 4.86. The molecular weight excluding hydrogens is 653 g/mol. The van der Waals surface area contributed by atoms with Crippen molar-refractivity contribution >= 4 is 33.4 Å². The van der Waals surface area contributed by atoms with Gasteiger partial charge in [-0.15, -0.1) is 0 Å².